The predicted octanol–water partition coefficient (Wildman–Crippen LogP) is 1.67. The lowest BCUT2D eigenvalue weighted by atomic mass is 9.98. The topological polar surface area (TPSA) is 41.6 Å². The van der Waals surface area contributed by atoms with Crippen molar-refractivity contribution in [2.24, 2.45) is 0 Å². The summed E-state index contributed by atoms with van der Waals surface area (Å²) in [4.78, 5) is 14.3. The zero-order chi connectivity index (χ0) is 14.8. The van der Waals surface area contributed by atoms with Crippen molar-refractivity contribution in [2.75, 3.05) is 19.7 Å². The molecule has 0 aliphatic carbocycles. The summed E-state index contributed by atoms with van der Waals surface area (Å²) in [5.74, 6) is 0.857. The van der Waals surface area contributed by atoms with Gasteiger partial charge in [0.25, 0.3) is 0 Å². The first-order valence-corrected chi connectivity index (χ1v) is 7.58. The Balaban J connectivity index is 1.71. The molecular formula is C16H21FN2O2. The molecule has 0 saturated carbocycles. The zero-order valence-electron chi connectivity index (χ0n) is 12.3. The number of nitrogens with one attached hydrogen (secondary N) is 1. The Morgan fingerprint density at radius 3 is 3.05 bits per heavy atom. The molecule has 2 atom stereocenters. The highest BCUT2D eigenvalue weighted by Gasteiger charge is 2.33. The number of benzene rings is 1. The van der Waals surface area contributed by atoms with Crippen molar-refractivity contribution in [1.29, 1.82) is 0 Å². The van der Waals surface area contributed by atoms with E-state index in [1.807, 2.05) is 24.0 Å². The minimum atomic E-state index is -0.902. The molecule has 3 rings (SSSR count). The van der Waals surface area contributed by atoms with Crippen LogP contribution >= 0.6 is 0 Å². The van der Waals surface area contributed by atoms with Gasteiger partial charge in [0, 0.05) is 26.1 Å². The minimum absolute atomic E-state index is 0.0163. The van der Waals surface area contributed by atoms with Crippen LogP contribution in [0.3, 0.4) is 0 Å². The number of ether oxygens (including phenoxy) is 1. The number of hydrogen-bond donors (Lipinski definition) is 1. The second kappa shape index (κ2) is 6.02. The SMILES string of the molecule is CCOc1ccc2c(c1)CN(C(=O)[C@H]1C[C@H](F)CN1)CC2. The summed E-state index contributed by atoms with van der Waals surface area (Å²) in [5, 5.41) is 2.97. The Bertz CT molecular complexity index is 535. The number of alkyl halides is 1. The van der Waals surface area contributed by atoms with E-state index >= 15 is 0 Å². The molecule has 4 nitrogen and oxygen atoms in total. The smallest absolute Gasteiger partial charge is 0.240 e. The highest BCUT2D eigenvalue weighted by molar-refractivity contribution is 5.82. The third kappa shape index (κ3) is 3.02. The van der Waals surface area contributed by atoms with Gasteiger partial charge in [-0.1, -0.05) is 6.07 Å². The van der Waals surface area contributed by atoms with Crippen LogP contribution in [0.5, 0.6) is 5.75 Å². The minimum Gasteiger partial charge on any atom is -0.494 e. The van der Waals surface area contributed by atoms with Gasteiger partial charge in [0.05, 0.1) is 12.6 Å². The Hall–Kier alpha value is -1.62. The van der Waals surface area contributed by atoms with Crippen LogP contribution in [0.1, 0.15) is 24.5 Å². The number of nitrogens with zero attached hydrogens (tertiary/aromatic N) is 1. The van der Waals surface area contributed by atoms with E-state index in [-0.39, 0.29) is 18.5 Å². The van der Waals surface area contributed by atoms with E-state index in [0.29, 0.717) is 26.1 Å². The van der Waals surface area contributed by atoms with Crippen LogP contribution in [-0.4, -0.2) is 42.7 Å². The molecule has 2 heterocycles. The van der Waals surface area contributed by atoms with Crippen molar-refractivity contribution < 1.29 is 13.9 Å². The molecule has 0 radical (unpaired) electrons. The molecule has 0 unspecified atom stereocenters. The lowest BCUT2D eigenvalue weighted by Crippen LogP contribution is -2.45. The average Bonchev–Trinajstić information content (AvgIpc) is 2.92. The maximum Gasteiger partial charge on any atom is 0.240 e. The largest absolute Gasteiger partial charge is 0.494 e. The fourth-order valence-corrected chi connectivity index (χ4v) is 3.08. The summed E-state index contributed by atoms with van der Waals surface area (Å²) in [6.07, 6.45) is 0.237. The van der Waals surface area contributed by atoms with Crippen molar-refractivity contribution >= 4 is 5.91 Å². The number of fused-ring (bicyclic) bond motifs is 1. The van der Waals surface area contributed by atoms with Gasteiger partial charge in [-0.15, -0.1) is 0 Å². The van der Waals surface area contributed by atoms with Gasteiger partial charge in [0.2, 0.25) is 5.91 Å². The van der Waals surface area contributed by atoms with Crippen LogP contribution in [0.4, 0.5) is 4.39 Å². The summed E-state index contributed by atoms with van der Waals surface area (Å²) >= 11 is 0. The van der Waals surface area contributed by atoms with Gasteiger partial charge in [-0.25, -0.2) is 4.39 Å². The molecule has 1 N–H and O–H groups in total. The number of carbonyl (C=O) groups is 1. The van der Waals surface area contributed by atoms with E-state index in [1.54, 1.807) is 0 Å². The normalized spacial score (nSPS) is 24.8. The van der Waals surface area contributed by atoms with E-state index in [0.717, 1.165) is 17.7 Å². The molecule has 1 amide bonds. The molecular weight excluding hydrogens is 271 g/mol. The Kier molecular flexibility index (Phi) is 4.10. The molecule has 1 fully saturated rings. The van der Waals surface area contributed by atoms with Gasteiger partial charge in [0.15, 0.2) is 0 Å². The fraction of sp³-hybridized carbons (Fsp3) is 0.562. The van der Waals surface area contributed by atoms with Crippen LogP contribution in [-0.2, 0) is 17.8 Å². The third-order valence-corrected chi connectivity index (χ3v) is 4.19. The quantitative estimate of drug-likeness (QED) is 0.921. The van der Waals surface area contributed by atoms with Gasteiger partial charge >= 0.3 is 0 Å². The van der Waals surface area contributed by atoms with Crippen LogP contribution in [0.15, 0.2) is 18.2 Å². The monoisotopic (exact) mass is 292 g/mol. The molecule has 0 spiro atoms. The molecule has 2 aliphatic heterocycles. The number of halogens is 1. The molecule has 21 heavy (non-hydrogen) atoms. The summed E-state index contributed by atoms with van der Waals surface area (Å²) in [5.41, 5.74) is 2.40. The fourth-order valence-electron chi connectivity index (χ4n) is 3.08. The Morgan fingerprint density at radius 1 is 1.48 bits per heavy atom. The van der Waals surface area contributed by atoms with Gasteiger partial charge in [-0.05, 0) is 36.6 Å². The highest BCUT2D eigenvalue weighted by atomic mass is 19.1. The number of rotatable bonds is 3. The van der Waals surface area contributed by atoms with Crippen molar-refractivity contribution in [3.05, 3.63) is 29.3 Å². The molecule has 114 valence electrons. The first-order chi connectivity index (χ1) is 10.2. The Labute approximate surface area is 124 Å². The van der Waals surface area contributed by atoms with Gasteiger partial charge < -0.3 is 15.0 Å². The molecule has 0 aromatic heterocycles. The molecule has 0 bridgehead atoms. The average molecular weight is 292 g/mol. The van der Waals surface area contributed by atoms with Crippen molar-refractivity contribution in [2.45, 2.75) is 38.5 Å². The van der Waals surface area contributed by atoms with E-state index in [1.165, 1.54) is 5.56 Å². The van der Waals surface area contributed by atoms with E-state index in [9.17, 15) is 9.18 Å². The summed E-state index contributed by atoms with van der Waals surface area (Å²) < 4.78 is 18.7. The van der Waals surface area contributed by atoms with Crippen LogP contribution in [0, 0.1) is 0 Å². The number of amides is 1. The predicted molar refractivity (Wildman–Crippen MR) is 78.0 cm³/mol. The standard InChI is InChI=1S/C16H21FN2O2/c1-2-21-14-4-3-11-5-6-19(10-12(11)7-14)16(20)15-8-13(17)9-18-15/h3-4,7,13,15,18H,2,5-6,8-10H2,1H3/t13-,15+/m0/s1. The van der Waals surface area contributed by atoms with Crippen molar-refractivity contribution in [3.8, 4) is 5.75 Å². The summed E-state index contributed by atoms with van der Waals surface area (Å²) in [6.45, 7) is 4.16. The van der Waals surface area contributed by atoms with E-state index < -0.39 is 6.17 Å². The van der Waals surface area contributed by atoms with Crippen LogP contribution in [0.25, 0.3) is 0 Å². The van der Waals surface area contributed by atoms with E-state index in [4.69, 9.17) is 4.74 Å². The lowest BCUT2D eigenvalue weighted by molar-refractivity contribution is -0.134. The van der Waals surface area contributed by atoms with Crippen LogP contribution < -0.4 is 10.1 Å². The molecule has 1 aromatic rings. The Morgan fingerprint density at radius 2 is 2.33 bits per heavy atom. The first-order valence-electron chi connectivity index (χ1n) is 7.58. The van der Waals surface area contributed by atoms with Crippen molar-refractivity contribution in [3.63, 3.8) is 0 Å². The van der Waals surface area contributed by atoms with Crippen LogP contribution in [0.2, 0.25) is 0 Å². The van der Waals surface area contributed by atoms with Gasteiger partial charge in [-0.3, -0.25) is 4.79 Å². The zero-order valence-corrected chi connectivity index (χ0v) is 12.3. The highest BCUT2D eigenvalue weighted by Crippen LogP contribution is 2.25. The molecule has 1 saturated heterocycles. The molecule has 5 heteroatoms. The second-order valence-corrected chi connectivity index (χ2v) is 5.67. The van der Waals surface area contributed by atoms with Crippen molar-refractivity contribution in [1.82, 2.24) is 10.2 Å². The first kappa shape index (κ1) is 14.3. The maximum absolute atomic E-state index is 13.2. The second-order valence-electron chi connectivity index (χ2n) is 5.67. The molecule has 2 aliphatic rings. The summed E-state index contributed by atoms with van der Waals surface area (Å²) in [7, 11) is 0. The maximum atomic E-state index is 13.2. The lowest BCUT2D eigenvalue weighted by Gasteiger charge is -2.31. The summed E-state index contributed by atoms with van der Waals surface area (Å²) in [6, 6.07) is 5.70. The van der Waals surface area contributed by atoms with Gasteiger partial charge in [0.1, 0.15) is 11.9 Å². The molecule has 1 aromatic carbocycles. The third-order valence-electron chi connectivity index (χ3n) is 4.19. The van der Waals surface area contributed by atoms with Gasteiger partial charge in [-0.2, -0.15) is 0 Å². The van der Waals surface area contributed by atoms with E-state index in [2.05, 4.69) is 11.4 Å². The number of hydrogen-bond acceptors (Lipinski definition) is 3. The number of carbonyl (C=O) groups excluding carboxylic acids is 1.